The molecule has 12 rings (SSSR count). The molecule has 3 aromatic heterocycles. The third-order valence-electron chi connectivity index (χ3n) is 11.9. The fourth-order valence-corrected chi connectivity index (χ4v) is 10.2. The first kappa shape index (κ1) is 32.3. The van der Waals surface area contributed by atoms with E-state index in [1.807, 2.05) is 47.7 Å². The van der Waals surface area contributed by atoms with Crippen LogP contribution in [-0.4, -0.2) is 4.98 Å². The van der Waals surface area contributed by atoms with Crippen LogP contribution in [0.2, 0.25) is 0 Å². The molecule has 0 atom stereocenters. The van der Waals surface area contributed by atoms with Gasteiger partial charge in [0.05, 0.1) is 5.69 Å². The van der Waals surface area contributed by atoms with Crippen LogP contribution in [0, 0.1) is 0 Å². The Balaban J connectivity index is 0.969. The van der Waals surface area contributed by atoms with Crippen molar-refractivity contribution in [3.63, 3.8) is 0 Å². The molecule has 4 nitrogen and oxygen atoms in total. The standard InChI is InChI=1S/C52H34N2O2S/c1-52(2)41-15-8-6-14-38(41)50-42(52)16-10-17-44(50)54(35-24-26-49-40(28-35)37-13-7-9-18-48(37)57-49)34-22-19-31(20-23-34)33-21-25-36-39-29-43-47(30-46(39)55-45(36)27-33)56-51(53-43)32-11-4-3-5-12-32/h3-30H,1-2H3. The number of nitrogens with zero attached hydrogens (tertiary/aromatic N) is 2. The van der Waals surface area contributed by atoms with Crippen LogP contribution in [0.5, 0.6) is 0 Å². The highest BCUT2D eigenvalue weighted by molar-refractivity contribution is 7.25. The maximum absolute atomic E-state index is 6.47. The molecule has 0 bridgehead atoms. The Morgan fingerprint density at radius 1 is 0.491 bits per heavy atom. The van der Waals surface area contributed by atoms with Crippen LogP contribution in [0.15, 0.2) is 179 Å². The van der Waals surface area contributed by atoms with Gasteiger partial charge in [-0.2, -0.15) is 0 Å². The second kappa shape index (κ2) is 12.0. The summed E-state index contributed by atoms with van der Waals surface area (Å²) >= 11 is 1.85. The summed E-state index contributed by atoms with van der Waals surface area (Å²) < 4.78 is 15.2. The van der Waals surface area contributed by atoms with Crippen LogP contribution in [0.3, 0.4) is 0 Å². The van der Waals surface area contributed by atoms with Gasteiger partial charge in [0.2, 0.25) is 5.89 Å². The Bertz CT molecular complexity index is 3390. The summed E-state index contributed by atoms with van der Waals surface area (Å²) in [5.74, 6) is 0.609. The van der Waals surface area contributed by atoms with Crippen LogP contribution in [-0.2, 0) is 5.41 Å². The molecule has 5 heteroatoms. The van der Waals surface area contributed by atoms with Crippen molar-refractivity contribution in [2.45, 2.75) is 19.3 Å². The van der Waals surface area contributed by atoms with E-state index in [4.69, 9.17) is 13.8 Å². The highest BCUT2D eigenvalue weighted by Crippen LogP contribution is 2.54. The van der Waals surface area contributed by atoms with Gasteiger partial charge in [0.15, 0.2) is 5.58 Å². The predicted molar refractivity (Wildman–Crippen MR) is 237 cm³/mol. The highest BCUT2D eigenvalue weighted by atomic mass is 32.1. The molecule has 0 amide bonds. The van der Waals surface area contributed by atoms with E-state index >= 15 is 0 Å². The van der Waals surface area contributed by atoms with E-state index in [9.17, 15) is 0 Å². The summed E-state index contributed by atoms with van der Waals surface area (Å²) in [4.78, 5) is 7.25. The SMILES string of the molecule is CC1(C)c2ccccc2-c2c(N(c3ccc(-c4ccc5c(c4)oc4cc6oc(-c7ccccc7)nc6cc45)cc3)c3ccc4sc5ccccc5c4c3)cccc21. The second-order valence-corrected chi connectivity index (χ2v) is 16.6. The molecule has 0 radical (unpaired) electrons. The molecule has 0 spiro atoms. The summed E-state index contributed by atoms with van der Waals surface area (Å²) in [5.41, 5.74) is 14.9. The number of aromatic nitrogens is 1. The summed E-state index contributed by atoms with van der Waals surface area (Å²) in [7, 11) is 0. The highest BCUT2D eigenvalue weighted by Gasteiger charge is 2.37. The van der Waals surface area contributed by atoms with Crippen molar-refractivity contribution in [1.82, 2.24) is 4.98 Å². The van der Waals surface area contributed by atoms with Crippen molar-refractivity contribution in [3.8, 4) is 33.7 Å². The molecule has 270 valence electrons. The molecule has 1 aliphatic rings. The number of hydrogen-bond acceptors (Lipinski definition) is 5. The largest absolute Gasteiger partial charge is 0.456 e. The van der Waals surface area contributed by atoms with Crippen molar-refractivity contribution < 1.29 is 8.83 Å². The van der Waals surface area contributed by atoms with E-state index in [1.54, 1.807) is 0 Å². The number of furan rings is 1. The number of rotatable bonds is 5. The van der Waals surface area contributed by atoms with Gasteiger partial charge in [-0.15, -0.1) is 11.3 Å². The van der Waals surface area contributed by atoms with Crippen LogP contribution < -0.4 is 4.90 Å². The molecule has 8 aromatic carbocycles. The van der Waals surface area contributed by atoms with Gasteiger partial charge in [-0.05, 0) is 101 Å². The van der Waals surface area contributed by atoms with E-state index in [0.29, 0.717) is 11.5 Å². The van der Waals surface area contributed by atoms with Gasteiger partial charge in [-0.1, -0.05) is 105 Å². The zero-order valence-electron chi connectivity index (χ0n) is 31.3. The quantitative estimate of drug-likeness (QED) is 0.176. The molecule has 57 heavy (non-hydrogen) atoms. The zero-order chi connectivity index (χ0) is 37.8. The zero-order valence-corrected chi connectivity index (χ0v) is 32.1. The topological polar surface area (TPSA) is 42.4 Å². The van der Waals surface area contributed by atoms with Gasteiger partial charge in [-0.25, -0.2) is 4.98 Å². The molecular weight excluding hydrogens is 717 g/mol. The van der Waals surface area contributed by atoms with Crippen LogP contribution in [0.4, 0.5) is 17.1 Å². The molecule has 0 saturated carbocycles. The smallest absolute Gasteiger partial charge is 0.227 e. The summed E-state index contributed by atoms with van der Waals surface area (Å²) in [6, 6.07) is 60.9. The van der Waals surface area contributed by atoms with Crippen molar-refractivity contribution >= 4 is 81.6 Å². The lowest BCUT2D eigenvalue weighted by atomic mass is 9.82. The normalized spacial score (nSPS) is 13.2. The van der Waals surface area contributed by atoms with E-state index in [1.165, 1.54) is 48.1 Å². The molecule has 3 heterocycles. The van der Waals surface area contributed by atoms with Gasteiger partial charge in [0, 0.05) is 64.9 Å². The lowest BCUT2D eigenvalue weighted by molar-refractivity contribution is 0.617. The van der Waals surface area contributed by atoms with E-state index < -0.39 is 0 Å². The monoisotopic (exact) mass is 750 g/mol. The molecule has 0 aliphatic heterocycles. The number of anilines is 3. The Hall–Kier alpha value is -6.95. The number of fused-ring (bicyclic) bond motifs is 10. The van der Waals surface area contributed by atoms with Crippen molar-refractivity contribution in [3.05, 3.63) is 181 Å². The average molecular weight is 751 g/mol. The number of oxazole rings is 1. The number of hydrogen-bond donors (Lipinski definition) is 0. The Labute approximate surface area is 332 Å². The van der Waals surface area contributed by atoms with Crippen LogP contribution >= 0.6 is 11.3 Å². The Morgan fingerprint density at radius 2 is 1.23 bits per heavy atom. The number of benzene rings is 8. The Kier molecular flexibility index (Phi) is 6.82. The van der Waals surface area contributed by atoms with Crippen molar-refractivity contribution in [1.29, 1.82) is 0 Å². The predicted octanol–water partition coefficient (Wildman–Crippen LogP) is 15.2. The summed E-state index contributed by atoms with van der Waals surface area (Å²) in [6.45, 7) is 4.69. The van der Waals surface area contributed by atoms with Crippen LogP contribution in [0.1, 0.15) is 25.0 Å². The fourth-order valence-electron chi connectivity index (χ4n) is 9.09. The van der Waals surface area contributed by atoms with Gasteiger partial charge in [0.25, 0.3) is 0 Å². The van der Waals surface area contributed by atoms with Crippen LogP contribution in [0.25, 0.3) is 86.9 Å². The summed E-state index contributed by atoms with van der Waals surface area (Å²) in [5, 5.41) is 4.66. The van der Waals surface area contributed by atoms with E-state index in [0.717, 1.165) is 55.5 Å². The first-order valence-corrected chi connectivity index (χ1v) is 20.2. The minimum atomic E-state index is -0.105. The molecule has 11 aromatic rings. The second-order valence-electron chi connectivity index (χ2n) is 15.5. The Morgan fingerprint density at radius 3 is 2.12 bits per heavy atom. The first-order chi connectivity index (χ1) is 28.0. The summed E-state index contributed by atoms with van der Waals surface area (Å²) in [6.07, 6.45) is 0. The molecule has 0 fully saturated rings. The third kappa shape index (κ3) is 4.89. The van der Waals surface area contributed by atoms with Gasteiger partial charge >= 0.3 is 0 Å². The van der Waals surface area contributed by atoms with Gasteiger partial charge in [0.1, 0.15) is 16.7 Å². The number of thiophene rings is 1. The first-order valence-electron chi connectivity index (χ1n) is 19.4. The van der Waals surface area contributed by atoms with Crippen molar-refractivity contribution in [2.75, 3.05) is 4.90 Å². The molecule has 0 saturated heterocycles. The van der Waals surface area contributed by atoms with E-state index in [2.05, 4.69) is 152 Å². The molecular formula is C52H34N2O2S. The lowest BCUT2D eigenvalue weighted by Gasteiger charge is -2.29. The maximum Gasteiger partial charge on any atom is 0.227 e. The minimum absolute atomic E-state index is 0.105. The fraction of sp³-hybridized carbons (Fsp3) is 0.0577. The molecule has 0 unspecified atom stereocenters. The maximum atomic E-state index is 6.47. The van der Waals surface area contributed by atoms with Gasteiger partial charge in [-0.3, -0.25) is 0 Å². The van der Waals surface area contributed by atoms with Gasteiger partial charge < -0.3 is 13.7 Å². The average Bonchev–Trinajstić information content (AvgIpc) is 4.00. The molecule has 0 N–H and O–H groups in total. The minimum Gasteiger partial charge on any atom is -0.456 e. The third-order valence-corrected chi connectivity index (χ3v) is 13.1. The van der Waals surface area contributed by atoms with E-state index in [-0.39, 0.29) is 5.41 Å². The van der Waals surface area contributed by atoms with Crippen molar-refractivity contribution in [2.24, 2.45) is 0 Å². The molecule has 1 aliphatic carbocycles. The lowest BCUT2D eigenvalue weighted by Crippen LogP contribution is -2.16.